The zero-order valence-corrected chi connectivity index (χ0v) is 23.7. The van der Waals surface area contributed by atoms with Gasteiger partial charge in [-0.05, 0) is 65.8 Å². The summed E-state index contributed by atoms with van der Waals surface area (Å²) < 4.78 is 2.11. The van der Waals surface area contributed by atoms with Gasteiger partial charge >= 0.3 is 0 Å². The van der Waals surface area contributed by atoms with Gasteiger partial charge in [0.25, 0.3) is 0 Å². The minimum atomic E-state index is 0.0183. The first-order chi connectivity index (χ1) is 15.6. The van der Waals surface area contributed by atoms with Gasteiger partial charge in [0.2, 0.25) is 0 Å². The Kier molecular flexibility index (Phi) is 7.80. The summed E-state index contributed by atoms with van der Waals surface area (Å²) >= 11 is 0. The van der Waals surface area contributed by atoms with Gasteiger partial charge in [-0.15, -0.1) is 5.10 Å². The van der Waals surface area contributed by atoms with Crippen LogP contribution in [0.25, 0.3) is 0 Å². The van der Waals surface area contributed by atoms with Crippen molar-refractivity contribution in [1.29, 1.82) is 0 Å². The molecule has 2 saturated carbocycles. The van der Waals surface area contributed by atoms with Gasteiger partial charge < -0.3 is 5.32 Å². The number of nitrogens with zero attached hydrogens (tertiary/aromatic N) is 3. The van der Waals surface area contributed by atoms with Gasteiger partial charge in [-0.25, -0.2) is 4.68 Å². The Balaban J connectivity index is 1.74. The van der Waals surface area contributed by atoms with Gasteiger partial charge in [-0.3, -0.25) is 0 Å². The number of hydrogen-bond acceptors (Lipinski definition) is 3. The molecule has 0 radical (unpaired) electrons. The van der Waals surface area contributed by atoms with Crippen LogP contribution < -0.4 is 5.32 Å². The predicted octanol–water partition coefficient (Wildman–Crippen LogP) is 7.92. The van der Waals surface area contributed by atoms with E-state index >= 15 is 0 Å². The zero-order valence-electron chi connectivity index (χ0n) is 23.7. The van der Waals surface area contributed by atoms with Crippen LogP contribution in [0.2, 0.25) is 0 Å². The molecule has 1 aromatic heterocycles. The Bertz CT molecular complexity index is 865. The van der Waals surface area contributed by atoms with E-state index in [1.807, 2.05) is 0 Å². The third kappa shape index (κ3) is 6.55. The summed E-state index contributed by atoms with van der Waals surface area (Å²) in [6.07, 6.45) is 9.45. The molecule has 0 aliphatic heterocycles. The first-order valence-electron chi connectivity index (χ1n) is 13.7. The highest BCUT2D eigenvalue weighted by molar-refractivity contribution is 5.21. The zero-order chi connectivity index (χ0) is 25.5. The number of nitrogens with one attached hydrogen (secondary N) is 1. The second-order valence-corrected chi connectivity index (χ2v) is 14.3. The average Bonchev–Trinajstić information content (AvgIpc) is 3.32. The van der Waals surface area contributed by atoms with E-state index in [-0.39, 0.29) is 16.9 Å². The van der Waals surface area contributed by atoms with Crippen molar-refractivity contribution >= 4 is 0 Å². The first kappa shape index (κ1) is 27.0. The molecule has 4 atom stereocenters. The van der Waals surface area contributed by atoms with Crippen molar-refractivity contribution in [3.05, 3.63) is 36.3 Å². The van der Waals surface area contributed by atoms with Crippen LogP contribution in [0, 0.1) is 34.0 Å². The van der Waals surface area contributed by atoms with Crippen molar-refractivity contribution in [2.45, 2.75) is 113 Å². The molecule has 1 N–H and O–H groups in total. The molecule has 0 spiro atoms. The number of aromatic nitrogens is 3. The lowest BCUT2D eigenvalue weighted by Gasteiger charge is -2.38. The highest BCUT2D eigenvalue weighted by atomic mass is 15.4. The Morgan fingerprint density at radius 2 is 1.68 bits per heavy atom. The van der Waals surface area contributed by atoms with Gasteiger partial charge in [-0.2, -0.15) is 0 Å². The molecule has 0 amide bonds. The van der Waals surface area contributed by atoms with E-state index in [1.54, 1.807) is 0 Å². The Morgan fingerprint density at radius 3 is 2.24 bits per heavy atom. The van der Waals surface area contributed by atoms with E-state index in [0.717, 1.165) is 12.2 Å². The molecule has 0 aromatic carbocycles. The Hall–Kier alpha value is -1.58. The quantitative estimate of drug-likeness (QED) is 0.335. The van der Waals surface area contributed by atoms with E-state index < -0.39 is 0 Å². The van der Waals surface area contributed by atoms with Crippen LogP contribution in [0.15, 0.2) is 30.6 Å². The fraction of sp³-hybridized carbons (Fsp3) is 0.800. The Morgan fingerprint density at radius 1 is 1.06 bits per heavy atom. The minimum absolute atomic E-state index is 0.0183. The van der Waals surface area contributed by atoms with Crippen LogP contribution in [0.5, 0.6) is 0 Å². The van der Waals surface area contributed by atoms with E-state index in [0.29, 0.717) is 29.1 Å². The van der Waals surface area contributed by atoms with Crippen LogP contribution in [0.3, 0.4) is 0 Å². The van der Waals surface area contributed by atoms with Crippen molar-refractivity contribution in [3.8, 4) is 0 Å². The SMILES string of the molecule is C=C(NCC(C)(C)CC(C)(C)CC)[C@@H]1CC(C)CC1C(=C)[C@@H](n1cc(C2CC2)nn1)C(C)(C)C. The van der Waals surface area contributed by atoms with Gasteiger partial charge in [0.1, 0.15) is 0 Å². The maximum Gasteiger partial charge on any atom is 0.0858 e. The largest absolute Gasteiger partial charge is 0.388 e. The summed E-state index contributed by atoms with van der Waals surface area (Å²) in [5, 5.41) is 12.9. The second-order valence-electron chi connectivity index (χ2n) is 14.3. The van der Waals surface area contributed by atoms with Crippen LogP contribution in [-0.2, 0) is 0 Å². The van der Waals surface area contributed by atoms with Gasteiger partial charge in [-0.1, -0.05) is 87.1 Å². The standard InChI is InChI=1S/C30H52N4/c1-12-29(8,9)18-30(10,11)19-31-22(4)25-16-20(2)15-24(25)21(3)27(28(5,6)7)34-17-26(32-33-34)23-13-14-23/h17,20,23-25,27,31H,3-4,12-16,18-19H2,1-2,5-11H3/t20?,24?,25-,27+/m0/s1. The first-order valence-corrected chi connectivity index (χ1v) is 13.7. The minimum Gasteiger partial charge on any atom is -0.388 e. The highest BCUT2D eigenvalue weighted by Crippen LogP contribution is 2.49. The normalized spacial score (nSPS) is 24.8. The summed E-state index contributed by atoms with van der Waals surface area (Å²) in [6.45, 7) is 31.4. The monoisotopic (exact) mass is 468 g/mol. The summed E-state index contributed by atoms with van der Waals surface area (Å²) in [6, 6.07) is 0.139. The van der Waals surface area contributed by atoms with E-state index in [1.165, 1.54) is 49.8 Å². The number of rotatable bonds is 11. The van der Waals surface area contributed by atoms with E-state index in [9.17, 15) is 0 Å². The Labute approximate surface area is 210 Å². The molecule has 1 heterocycles. The summed E-state index contributed by atoms with van der Waals surface area (Å²) in [5.74, 6) is 2.14. The van der Waals surface area contributed by atoms with Gasteiger partial charge in [0.15, 0.2) is 0 Å². The molecule has 1 aromatic rings. The fourth-order valence-corrected chi connectivity index (χ4v) is 6.36. The molecular weight excluding hydrogens is 416 g/mol. The topological polar surface area (TPSA) is 42.7 Å². The lowest BCUT2D eigenvalue weighted by atomic mass is 9.73. The molecule has 3 rings (SSSR count). The smallest absolute Gasteiger partial charge is 0.0858 e. The molecule has 4 nitrogen and oxygen atoms in total. The van der Waals surface area contributed by atoms with E-state index in [4.69, 9.17) is 6.58 Å². The molecule has 34 heavy (non-hydrogen) atoms. The maximum absolute atomic E-state index is 4.73. The van der Waals surface area contributed by atoms with Gasteiger partial charge in [0, 0.05) is 30.3 Å². The van der Waals surface area contributed by atoms with Crippen molar-refractivity contribution in [2.75, 3.05) is 6.54 Å². The summed E-state index contributed by atoms with van der Waals surface area (Å²) in [7, 11) is 0. The third-order valence-corrected chi connectivity index (χ3v) is 8.39. The second kappa shape index (κ2) is 9.82. The third-order valence-electron chi connectivity index (χ3n) is 8.39. The van der Waals surface area contributed by atoms with Crippen molar-refractivity contribution < 1.29 is 0 Å². The van der Waals surface area contributed by atoms with Crippen molar-refractivity contribution in [1.82, 2.24) is 20.3 Å². The molecule has 4 heteroatoms. The van der Waals surface area contributed by atoms with Crippen molar-refractivity contribution in [3.63, 3.8) is 0 Å². The maximum atomic E-state index is 4.73. The lowest BCUT2D eigenvalue weighted by molar-refractivity contribution is 0.185. The summed E-state index contributed by atoms with van der Waals surface area (Å²) in [5.41, 5.74) is 4.26. The molecule has 2 aliphatic rings. The van der Waals surface area contributed by atoms with Crippen LogP contribution >= 0.6 is 0 Å². The predicted molar refractivity (Wildman–Crippen MR) is 145 cm³/mol. The van der Waals surface area contributed by atoms with E-state index in [2.05, 4.69) is 95.4 Å². The summed E-state index contributed by atoms with van der Waals surface area (Å²) in [4.78, 5) is 0. The number of hydrogen-bond donors (Lipinski definition) is 1. The number of allylic oxidation sites excluding steroid dienone is 2. The molecule has 0 saturated heterocycles. The molecule has 2 fully saturated rings. The van der Waals surface area contributed by atoms with Crippen LogP contribution in [-0.4, -0.2) is 21.5 Å². The molecular formula is C30H52N4. The average molecular weight is 469 g/mol. The molecule has 192 valence electrons. The van der Waals surface area contributed by atoms with Gasteiger partial charge in [0.05, 0.1) is 11.7 Å². The molecule has 0 bridgehead atoms. The highest BCUT2D eigenvalue weighted by Gasteiger charge is 2.42. The fourth-order valence-electron chi connectivity index (χ4n) is 6.36. The van der Waals surface area contributed by atoms with Crippen molar-refractivity contribution in [2.24, 2.45) is 34.0 Å². The molecule has 2 unspecified atom stereocenters. The van der Waals surface area contributed by atoms with Crippen LogP contribution in [0.4, 0.5) is 0 Å². The molecule has 2 aliphatic carbocycles. The van der Waals surface area contributed by atoms with Crippen LogP contribution in [0.1, 0.15) is 118 Å². The lowest BCUT2D eigenvalue weighted by Crippen LogP contribution is -2.36.